The summed E-state index contributed by atoms with van der Waals surface area (Å²) < 4.78 is 11.7. The average Bonchev–Trinajstić information content (AvgIpc) is 3.15. The van der Waals surface area contributed by atoms with Crippen molar-refractivity contribution in [2.45, 2.75) is 32.6 Å². The zero-order chi connectivity index (χ0) is 21.6. The largest absolute Gasteiger partial charge is 0.460 e. The molecule has 0 fully saturated rings. The third kappa shape index (κ3) is 3.24. The van der Waals surface area contributed by atoms with E-state index >= 15 is 0 Å². The van der Waals surface area contributed by atoms with Crippen LogP contribution in [0.25, 0.3) is 11.3 Å². The molecule has 1 aliphatic carbocycles. The van der Waals surface area contributed by atoms with Crippen LogP contribution in [0.4, 0.5) is 5.69 Å². The van der Waals surface area contributed by atoms with Crippen molar-refractivity contribution in [3.63, 3.8) is 0 Å². The average molecular weight is 405 g/mol. The third-order valence-electron chi connectivity index (χ3n) is 5.35. The number of nitro benzene ring substituents is 1. The van der Waals surface area contributed by atoms with Gasteiger partial charge in [-0.2, -0.15) is 5.26 Å². The smallest absolute Gasteiger partial charge is 0.269 e. The van der Waals surface area contributed by atoms with Crippen molar-refractivity contribution < 1.29 is 18.9 Å². The molecule has 2 heterocycles. The lowest BCUT2D eigenvalue weighted by Crippen LogP contribution is -2.33. The van der Waals surface area contributed by atoms with Crippen LogP contribution in [0.1, 0.15) is 38.4 Å². The van der Waals surface area contributed by atoms with Gasteiger partial charge >= 0.3 is 0 Å². The number of nitriles is 1. The maximum atomic E-state index is 13.0. The van der Waals surface area contributed by atoms with E-state index in [0.29, 0.717) is 41.3 Å². The Labute approximate surface area is 172 Å². The number of ketones is 1. The summed E-state index contributed by atoms with van der Waals surface area (Å²) in [6.45, 7) is 3.96. The van der Waals surface area contributed by atoms with Gasteiger partial charge in [0.15, 0.2) is 5.78 Å². The van der Waals surface area contributed by atoms with E-state index in [-0.39, 0.29) is 28.3 Å². The molecule has 1 aliphatic heterocycles. The number of hydrogen-bond acceptors (Lipinski definition) is 7. The number of benzene rings is 1. The molecule has 1 aromatic heterocycles. The first kappa shape index (κ1) is 19.5. The lowest BCUT2D eigenvalue weighted by Gasteiger charge is -2.36. The van der Waals surface area contributed by atoms with Crippen molar-refractivity contribution in [3.8, 4) is 17.4 Å². The summed E-state index contributed by atoms with van der Waals surface area (Å²) in [5.41, 5.74) is 6.89. The maximum absolute atomic E-state index is 13.0. The Hall–Kier alpha value is -3.86. The van der Waals surface area contributed by atoms with Crippen LogP contribution in [0.5, 0.6) is 0 Å². The van der Waals surface area contributed by atoms with Gasteiger partial charge in [-0.15, -0.1) is 0 Å². The molecule has 8 heteroatoms. The first-order valence-corrected chi connectivity index (χ1v) is 9.38. The summed E-state index contributed by atoms with van der Waals surface area (Å²) in [5.74, 6) is 0.472. The number of nitro groups is 1. The minimum atomic E-state index is -0.742. The van der Waals surface area contributed by atoms with E-state index < -0.39 is 10.8 Å². The Morgan fingerprint density at radius 2 is 1.90 bits per heavy atom. The topological polar surface area (TPSA) is 132 Å². The summed E-state index contributed by atoms with van der Waals surface area (Å²) in [6.07, 6.45) is 0.861. The van der Waals surface area contributed by atoms with Crippen molar-refractivity contribution >= 4 is 11.5 Å². The number of carbonyl (C=O) groups is 1. The van der Waals surface area contributed by atoms with E-state index in [1.54, 1.807) is 24.3 Å². The number of furan rings is 1. The van der Waals surface area contributed by atoms with Crippen molar-refractivity contribution in [2.24, 2.45) is 11.1 Å². The zero-order valence-electron chi connectivity index (χ0n) is 16.5. The Morgan fingerprint density at radius 3 is 2.53 bits per heavy atom. The van der Waals surface area contributed by atoms with Gasteiger partial charge in [-0.1, -0.05) is 13.8 Å². The molecule has 1 atom stereocenters. The highest BCUT2D eigenvalue weighted by atomic mass is 16.6. The Morgan fingerprint density at radius 1 is 1.20 bits per heavy atom. The Balaban J connectivity index is 1.77. The van der Waals surface area contributed by atoms with Crippen LogP contribution < -0.4 is 5.73 Å². The molecule has 2 N–H and O–H groups in total. The van der Waals surface area contributed by atoms with E-state index in [4.69, 9.17) is 14.9 Å². The van der Waals surface area contributed by atoms with Gasteiger partial charge in [-0.25, -0.2) is 0 Å². The summed E-state index contributed by atoms with van der Waals surface area (Å²) in [4.78, 5) is 23.3. The highest BCUT2D eigenvalue weighted by molar-refractivity contribution is 5.99. The number of allylic oxidation sites excluding steroid dienone is 3. The van der Waals surface area contributed by atoms with Crippen LogP contribution in [0.3, 0.4) is 0 Å². The lowest BCUT2D eigenvalue weighted by atomic mass is 9.71. The fourth-order valence-electron chi connectivity index (χ4n) is 3.98. The molecule has 8 nitrogen and oxygen atoms in total. The Bertz CT molecular complexity index is 1160. The van der Waals surface area contributed by atoms with Crippen LogP contribution in [0, 0.1) is 26.9 Å². The second kappa shape index (κ2) is 6.88. The van der Waals surface area contributed by atoms with Crippen molar-refractivity contribution in [1.29, 1.82) is 5.26 Å². The number of nitrogens with zero attached hydrogens (tertiary/aromatic N) is 2. The van der Waals surface area contributed by atoms with Crippen LogP contribution in [0.15, 0.2) is 63.6 Å². The van der Waals surface area contributed by atoms with Gasteiger partial charge in [0.25, 0.3) is 5.69 Å². The summed E-state index contributed by atoms with van der Waals surface area (Å²) in [6, 6.07) is 11.4. The van der Waals surface area contributed by atoms with Gasteiger partial charge < -0.3 is 14.9 Å². The monoisotopic (exact) mass is 405 g/mol. The van der Waals surface area contributed by atoms with Crippen molar-refractivity contribution in [1.82, 2.24) is 0 Å². The predicted molar refractivity (Wildman–Crippen MR) is 106 cm³/mol. The maximum Gasteiger partial charge on any atom is 0.269 e. The fourth-order valence-corrected chi connectivity index (χ4v) is 3.98. The van der Waals surface area contributed by atoms with Crippen molar-refractivity contribution in [3.05, 3.63) is 75.1 Å². The summed E-state index contributed by atoms with van der Waals surface area (Å²) in [5, 5.41) is 20.5. The molecule has 0 saturated heterocycles. The molecule has 152 valence electrons. The second-order valence-corrected chi connectivity index (χ2v) is 8.21. The minimum absolute atomic E-state index is 0.0253. The van der Waals surface area contributed by atoms with E-state index in [2.05, 4.69) is 6.07 Å². The molecule has 2 aromatic rings. The zero-order valence-corrected chi connectivity index (χ0v) is 16.5. The quantitative estimate of drug-likeness (QED) is 0.594. The lowest BCUT2D eigenvalue weighted by molar-refractivity contribution is -0.384. The molecule has 0 spiro atoms. The van der Waals surface area contributed by atoms with Gasteiger partial charge in [-0.05, 0) is 29.7 Å². The van der Waals surface area contributed by atoms with Crippen LogP contribution in [-0.4, -0.2) is 10.7 Å². The number of nitrogens with two attached hydrogens (primary N) is 1. The van der Waals surface area contributed by atoms with Crippen LogP contribution in [-0.2, 0) is 9.53 Å². The van der Waals surface area contributed by atoms with E-state index in [1.807, 2.05) is 13.8 Å². The number of non-ortho nitro benzene ring substituents is 1. The molecular weight excluding hydrogens is 386 g/mol. The van der Waals surface area contributed by atoms with Gasteiger partial charge in [0.1, 0.15) is 28.9 Å². The standard InChI is InChI=1S/C22H19N3O5/c1-22(2)9-15(26)20-18(10-22)30-21(24)14(11-23)19(20)17-8-7-16(29-17)12-3-5-13(6-4-12)25(27)28/h3-8,19H,9-10,24H2,1-2H3. The Kier molecular flexibility index (Phi) is 4.46. The van der Waals surface area contributed by atoms with Crippen molar-refractivity contribution in [2.75, 3.05) is 0 Å². The first-order valence-electron chi connectivity index (χ1n) is 9.38. The van der Waals surface area contributed by atoms with Gasteiger partial charge in [0, 0.05) is 36.1 Å². The SMILES string of the molecule is CC1(C)CC(=O)C2=C(C1)OC(N)=C(C#N)C2c1ccc(-c2ccc([N+](=O)[O-])cc2)o1. The highest BCUT2D eigenvalue weighted by Gasteiger charge is 2.44. The molecule has 0 bridgehead atoms. The first-order chi connectivity index (χ1) is 14.2. The van der Waals surface area contributed by atoms with Gasteiger partial charge in [-0.3, -0.25) is 14.9 Å². The number of ether oxygens (including phenoxy) is 1. The predicted octanol–water partition coefficient (Wildman–Crippen LogP) is 4.31. The highest BCUT2D eigenvalue weighted by Crippen LogP contribution is 2.48. The molecule has 4 rings (SSSR count). The van der Waals surface area contributed by atoms with Crippen LogP contribution >= 0.6 is 0 Å². The summed E-state index contributed by atoms with van der Waals surface area (Å²) in [7, 11) is 0. The van der Waals surface area contributed by atoms with Gasteiger partial charge in [0.05, 0.1) is 10.8 Å². The van der Waals surface area contributed by atoms with E-state index in [1.165, 1.54) is 12.1 Å². The fraction of sp³-hybridized carbons (Fsp3) is 0.273. The third-order valence-corrected chi connectivity index (χ3v) is 5.35. The number of hydrogen-bond donors (Lipinski definition) is 1. The second-order valence-electron chi connectivity index (χ2n) is 8.21. The van der Waals surface area contributed by atoms with Gasteiger partial charge in [0.2, 0.25) is 5.88 Å². The molecule has 1 aromatic carbocycles. The normalized spacial score (nSPS) is 20.4. The minimum Gasteiger partial charge on any atom is -0.460 e. The number of rotatable bonds is 3. The molecule has 0 amide bonds. The molecular formula is C22H19N3O5. The number of carbonyl (C=O) groups excluding carboxylic acids is 1. The molecule has 30 heavy (non-hydrogen) atoms. The number of Topliss-reactive ketones (excluding diaryl/α,β-unsaturated/α-hetero) is 1. The van der Waals surface area contributed by atoms with E-state index in [0.717, 1.165) is 0 Å². The molecule has 0 saturated carbocycles. The molecule has 2 aliphatic rings. The summed E-state index contributed by atoms with van der Waals surface area (Å²) >= 11 is 0. The molecule has 0 radical (unpaired) electrons. The molecule has 1 unspecified atom stereocenters. The van der Waals surface area contributed by atoms with Crippen LogP contribution in [0.2, 0.25) is 0 Å². The van der Waals surface area contributed by atoms with E-state index in [9.17, 15) is 20.2 Å².